The molecule has 0 saturated heterocycles. The molecule has 0 bridgehead atoms. The number of unbranched alkanes of at least 4 members (excludes halogenated alkanes) is 30. The van der Waals surface area contributed by atoms with Gasteiger partial charge in [0.15, 0.2) is 0 Å². The summed E-state index contributed by atoms with van der Waals surface area (Å²) in [6.45, 7) is 4.58. The Balaban J connectivity index is 1.24. The second kappa shape index (κ2) is 28.4. The van der Waals surface area contributed by atoms with Gasteiger partial charge in [-0.25, -0.2) is 0 Å². The number of phenolic OH excluding ortho intramolecular Hbond substituents is 2. The molecule has 0 saturated carbocycles. The largest absolute Gasteiger partial charge is 0.508 e. The van der Waals surface area contributed by atoms with Crippen LogP contribution in [0.1, 0.15) is 230 Å². The molecule has 1 heterocycles. The van der Waals surface area contributed by atoms with Crippen LogP contribution >= 0.6 is 0 Å². The quantitative estimate of drug-likeness (QED) is 0.0609. The van der Waals surface area contributed by atoms with Crippen molar-refractivity contribution in [3.63, 3.8) is 0 Å². The van der Waals surface area contributed by atoms with E-state index in [-0.39, 0.29) is 0 Å². The third-order valence-electron chi connectivity index (χ3n) is 11.5. The first-order valence-corrected chi connectivity index (χ1v) is 22.5. The number of rotatable bonds is 34. The SMILES string of the molecule is CCCCCCCCCCCCCCCCCCc1cc2oc3cc(CCCCCCCCCCCCCCCCCC)c(O)cc3c2cc1O. The smallest absolute Gasteiger partial charge is 0.135 e. The van der Waals surface area contributed by atoms with Gasteiger partial charge in [0.2, 0.25) is 0 Å². The number of furan rings is 1. The normalized spacial score (nSPS) is 11.8. The van der Waals surface area contributed by atoms with Crippen LogP contribution in [-0.2, 0) is 12.8 Å². The summed E-state index contributed by atoms with van der Waals surface area (Å²) in [5.41, 5.74) is 3.58. The van der Waals surface area contributed by atoms with Crippen molar-refractivity contribution in [2.45, 2.75) is 232 Å². The summed E-state index contributed by atoms with van der Waals surface area (Å²) in [5.74, 6) is 0.700. The van der Waals surface area contributed by atoms with Crippen molar-refractivity contribution in [2.75, 3.05) is 0 Å². The molecule has 2 N–H and O–H groups in total. The number of hydrogen-bond donors (Lipinski definition) is 2. The van der Waals surface area contributed by atoms with E-state index in [2.05, 4.69) is 13.8 Å². The molecule has 0 aliphatic carbocycles. The highest BCUT2D eigenvalue weighted by molar-refractivity contribution is 6.06. The van der Waals surface area contributed by atoms with Gasteiger partial charge in [0.05, 0.1) is 0 Å². The lowest BCUT2D eigenvalue weighted by atomic mass is 10.00. The van der Waals surface area contributed by atoms with Crippen LogP contribution in [0.2, 0.25) is 0 Å². The minimum Gasteiger partial charge on any atom is -0.508 e. The van der Waals surface area contributed by atoms with Crippen molar-refractivity contribution in [2.24, 2.45) is 0 Å². The monoisotopic (exact) mass is 705 g/mol. The number of hydrogen-bond acceptors (Lipinski definition) is 3. The molecule has 3 nitrogen and oxygen atoms in total. The van der Waals surface area contributed by atoms with Crippen molar-refractivity contribution in [3.05, 3.63) is 35.4 Å². The molecule has 0 aliphatic rings. The number of aromatic hydroxyl groups is 2. The Morgan fingerprint density at radius 2 is 0.569 bits per heavy atom. The van der Waals surface area contributed by atoms with Gasteiger partial charge in [-0.15, -0.1) is 0 Å². The summed E-state index contributed by atoms with van der Waals surface area (Å²) < 4.78 is 6.29. The highest BCUT2D eigenvalue weighted by Crippen LogP contribution is 2.37. The standard InChI is InChI=1S/C48H80O3/c1-3-5-7-9-11-13-15-17-19-21-23-25-27-29-31-33-35-41-37-47-43(39-45(41)49)44-40-46(50)42(38-48(44)51-47)36-34-32-30-28-26-24-22-20-18-16-14-12-10-8-6-4-2/h37-40,49-50H,3-36H2,1-2H3. The first-order chi connectivity index (χ1) is 25.1. The summed E-state index contributed by atoms with van der Waals surface area (Å²) in [6.07, 6.45) is 45.5. The molecule has 51 heavy (non-hydrogen) atoms. The summed E-state index contributed by atoms with van der Waals surface area (Å²) in [7, 11) is 0. The average molecular weight is 705 g/mol. The van der Waals surface area contributed by atoms with E-state index in [1.807, 2.05) is 24.3 Å². The first-order valence-electron chi connectivity index (χ1n) is 22.5. The third kappa shape index (κ3) is 18.4. The zero-order chi connectivity index (χ0) is 36.2. The van der Waals surface area contributed by atoms with E-state index in [0.29, 0.717) is 11.5 Å². The van der Waals surface area contributed by atoms with Gasteiger partial charge in [-0.05, 0) is 61.1 Å². The average Bonchev–Trinajstić information content (AvgIpc) is 3.46. The molecule has 0 fully saturated rings. The molecule has 290 valence electrons. The van der Waals surface area contributed by atoms with Crippen LogP contribution in [0.5, 0.6) is 11.5 Å². The molecule has 2 aromatic carbocycles. The lowest BCUT2D eigenvalue weighted by molar-refractivity contribution is 0.466. The molecule has 0 atom stereocenters. The Kier molecular flexibility index (Phi) is 24.0. The van der Waals surface area contributed by atoms with E-state index in [1.165, 1.54) is 193 Å². The molecular formula is C48H80O3. The van der Waals surface area contributed by atoms with Crippen LogP contribution in [0.25, 0.3) is 21.9 Å². The maximum absolute atomic E-state index is 10.8. The summed E-state index contributed by atoms with van der Waals surface area (Å²) >= 11 is 0. The second-order valence-corrected chi connectivity index (χ2v) is 16.2. The van der Waals surface area contributed by atoms with Gasteiger partial charge in [0.25, 0.3) is 0 Å². The Labute approximate surface area is 314 Å². The Bertz CT molecular complexity index is 1180. The Morgan fingerprint density at radius 1 is 0.333 bits per heavy atom. The van der Waals surface area contributed by atoms with Gasteiger partial charge < -0.3 is 14.6 Å². The molecule has 3 aromatic rings. The molecule has 0 unspecified atom stereocenters. The molecular weight excluding hydrogens is 625 g/mol. The topological polar surface area (TPSA) is 53.6 Å². The van der Waals surface area contributed by atoms with Gasteiger partial charge in [0, 0.05) is 10.8 Å². The molecule has 0 aliphatic heterocycles. The number of phenols is 2. The van der Waals surface area contributed by atoms with Crippen LogP contribution in [0.15, 0.2) is 28.7 Å². The van der Waals surface area contributed by atoms with E-state index in [9.17, 15) is 10.2 Å². The lowest BCUT2D eigenvalue weighted by Gasteiger charge is -2.06. The maximum Gasteiger partial charge on any atom is 0.135 e. The number of benzene rings is 2. The van der Waals surface area contributed by atoms with Crippen molar-refractivity contribution < 1.29 is 14.6 Å². The fraction of sp³-hybridized carbons (Fsp3) is 0.750. The van der Waals surface area contributed by atoms with Crippen LogP contribution in [-0.4, -0.2) is 10.2 Å². The van der Waals surface area contributed by atoms with Gasteiger partial charge >= 0.3 is 0 Å². The maximum atomic E-state index is 10.8. The predicted molar refractivity (Wildman–Crippen MR) is 224 cm³/mol. The van der Waals surface area contributed by atoms with Gasteiger partial charge in [-0.3, -0.25) is 0 Å². The van der Waals surface area contributed by atoms with Crippen molar-refractivity contribution >= 4 is 21.9 Å². The summed E-state index contributed by atoms with van der Waals surface area (Å²) in [4.78, 5) is 0. The Morgan fingerprint density at radius 3 is 0.824 bits per heavy atom. The van der Waals surface area contributed by atoms with Gasteiger partial charge in [0.1, 0.15) is 22.7 Å². The second-order valence-electron chi connectivity index (χ2n) is 16.2. The summed E-state index contributed by atoms with van der Waals surface area (Å²) in [5, 5.41) is 23.5. The van der Waals surface area contributed by atoms with E-state index < -0.39 is 0 Å². The van der Waals surface area contributed by atoms with Crippen LogP contribution < -0.4 is 0 Å². The predicted octanol–water partition coefficient (Wildman–Crippen LogP) is 16.6. The first kappa shape index (κ1) is 43.2. The zero-order valence-corrected chi connectivity index (χ0v) is 33.7. The molecule has 0 spiro atoms. The van der Waals surface area contributed by atoms with Crippen LogP contribution in [0.4, 0.5) is 0 Å². The minimum atomic E-state index is 0.350. The fourth-order valence-corrected chi connectivity index (χ4v) is 8.06. The highest BCUT2D eigenvalue weighted by atomic mass is 16.3. The number of aryl methyl sites for hydroxylation is 2. The van der Waals surface area contributed by atoms with E-state index in [4.69, 9.17) is 4.42 Å². The van der Waals surface area contributed by atoms with Crippen LogP contribution in [0, 0.1) is 0 Å². The van der Waals surface area contributed by atoms with E-state index in [1.54, 1.807) is 0 Å². The minimum absolute atomic E-state index is 0.350. The third-order valence-corrected chi connectivity index (χ3v) is 11.5. The van der Waals surface area contributed by atoms with E-state index >= 15 is 0 Å². The van der Waals surface area contributed by atoms with Gasteiger partial charge in [-0.1, -0.05) is 206 Å². The van der Waals surface area contributed by atoms with Crippen molar-refractivity contribution in [1.29, 1.82) is 0 Å². The van der Waals surface area contributed by atoms with Crippen molar-refractivity contribution in [1.82, 2.24) is 0 Å². The van der Waals surface area contributed by atoms with E-state index in [0.717, 1.165) is 58.7 Å². The fourth-order valence-electron chi connectivity index (χ4n) is 8.06. The lowest BCUT2D eigenvalue weighted by Crippen LogP contribution is -1.88. The molecule has 0 radical (unpaired) electrons. The molecule has 3 heteroatoms. The van der Waals surface area contributed by atoms with Crippen LogP contribution in [0.3, 0.4) is 0 Å². The summed E-state index contributed by atoms with van der Waals surface area (Å²) in [6, 6.07) is 7.75. The zero-order valence-electron chi connectivity index (χ0n) is 33.7. The Hall–Kier alpha value is -2.16. The molecule has 1 aromatic heterocycles. The highest BCUT2D eigenvalue weighted by Gasteiger charge is 2.14. The van der Waals surface area contributed by atoms with Gasteiger partial charge in [-0.2, -0.15) is 0 Å². The van der Waals surface area contributed by atoms with Crippen molar-refractivity contribution in [3.8, 4) is 11.5 Å². The number of fused-ring (bicyclic) bond motifs is 3. The molecule has 0 amide bonds. The molecule has 3 rings (SSSR count).